The minimum absolute atomic E-state index is 0.141. The molecular formula is C14H26ClNO. The quantitative estimate of drug-likeness (QED) is 0.749. The maximum Gasteiger partial charge on any atom is 0.224 e. The molecule has 3 heteroatoms. The van der Waals surface area contributed by atoms with Gasteiger partial charge in [-0.2, -0.15) is 0 Å². The second-order valence-electron chi connectivity index (χ2n) is 6.28. The lowest BCUT2D eigenvalue weighted by Crippen LogP contribution is -2.49. The summed E-state index contributed by atoms with van der Waals surface area (Å²) in [6.07, 6.45) is 5.12. The number of amides is 1. The van der Waals surface area contributed by atoms with Gasteiger partial charge in [0, 0.05) is 17.3 Å². The van der Waals surface area contributed by atoms with Crippen LogP contribution in [0.15, 0.2) is 0 Å². The topological polar surface area (TPSA) is 29.1 Å². The first kappa shape index (κ1) is 14.8. The average Bonchev–Trinajstić information content (AvgIpc) is 2.58. The van der Waals surface area contributed by atoms with Gasteiger partial charge in [0.2, 0.25) is 5.91 Å². The largest absolute Gasteiger partial charge is 0.351 e. The summed E-state index contributed by atoms with van der Waals surface area (Å²) in [4.78, 5) is 12.4. The third-order valence-electron chi connectivity index (χ3n) is 4.43. The van der Waals surface area contributed by atoms with Crippen LogP contribution in [0.2, 0.25) is 0 Å². The van der Waals surface area contributed by atoms with E-state index in [9.17, 15) is 4.79 Å². The molecule has 0 aromatic carbocycles. The van der Waals surface area contributed by atoms with E-state index in [0.717, 1.165) is 25.7 Å². The predicted molar refractivity (Wildman–Crippen MR) is 73.3 cm³/mol. The maximum absolute atomic E-state index is 12.4. The second kappa shape index (κ2) is 5.60. The molecule has 1 amide bonds. The van der Waals surface area contributed by atoms with E-state index in [1.807, 2.05) is 0 Å². The molecule has 0 saturated heterocycles. The number of nitrogens with one attached hydrogen (secondary N) is 1. The van der Waals surface area contributed by atoms with E-state index >= 15 is 0 Å². The fraction of sp³-hybridized carbons (Fsp3) is 0.929. The Balaban J connectivity index is 2.65. The number of hydrogen-bond acceptors (Lipinski definition) is 1. The van der Waals surface area contributed by atoms with Gasteiger partial charge in [-0.15, -0.1) is 11.6 Å². The monoisotopic (exact) mass is 259 g/mol. The standard InChI is InChI=1S/C14H26ClNO/c1-5-14(4,9-10-15)16-12(17)11-7-6-8-13(11,2)3/h11H,5-10H2,1-4H3,(H,16,17). The lowest BCUT2D eigenvalue weighted by Gasteiger charge is -2.33. The van der Waals surface area contributed by atoms with Gasteiger partial charge in [0.15, 0.2) is 0 Å². The van der Waals surface area contributed by atoms with Crippen LogP contribution >= 0.6 is 11.6 Å². The van der Waals surface area contributed by atoms with Gasteiger partial charge in [0.1, 0.15) is 0 Å². The van der Waals surface area contributed by atoms with Crippen molar-refractivity contribution in [1.29, 1.82) is 0 Å². The van der Waals surface area contributed by atoms with Gasteiger partial charge in [-0.1, -0.05) is 27.2 Å². The van der Waals surface area contributed by atoms with Gasteiger partial charge in [-0.25, -0.2) is 0 Å². The molecule has 1 saturated carbocycles. The van der Waals surface area contributed by atoms with E-state index in [1.165, 1.54) is 6.42 Å². The van der Waals surface area contributed by atoms with Crippen molar-refractivity contribution in [2.75, 3.05) is 5.88 Å². The maximum atomic E-state index is 12.4. The summed E-state index contributed by atoms with van der Waals surface area (Å²) in [6.45, 7) is 8.60. The molecule has 2 atom stereocenters. The molecule has 17 heavy (non-hydrogen) atoms. The highest BCUT2D eigenvalue weighted by atomic mass is 35.5. The number of rotatable bonds is 5. The Morgan fingerprint density at radius 3 is 2.59 bits per heavy atom. The molecule has 0 aromatic rings. The van der Waals surface area contributed by atoms with Crippen LogP contribution in [0.1, 0.15) is 59.8 Å². The van der Waals surface area contributed by atoms with Crippen molar-refractivity contribution in [3.63, 3.8) is 0 Å². The number of hydrogen-bond donors (Lipinski definition) is 1. The molecule has 0 bridgehead atoms. The molecule has 1 N–H and O–H groups in total. The molecule has 2 unspecified atom stereocenters. The number of carbonyl (C=O) groups excluding carboxylic acids is 1. The fourth-order valence-electron chi connectivity index (χ4n) is 2.73. The predicted octanol–water partition coefficient (Wildman–Crippen LogP) is 3.73. The number of alkyl halides is 1. The minimum Gasteiger partial charge on any atom is -0.351 e. The van der Waals surface area contributed by atoms with Crippen LogP contribution in [0.3, 0.4) is 0 Å². The molecule has 0 aromatic heterocycles. The second-order valence-corrected chi connectivity index (χ2v) is 6.65. The fourth-order valence-corrected chi connectivity index (χ4v) is 3.15. The van der Waals surface area contributed by atoms with Crippen molar-refractivity contribution >= 4 is 17.5 Å². The average molecular weight is 260 g/mol. The summed E-state index contributed by atoms with van der Waals surface area (Å²) in [5, 5.41) is 3.22. The van der Waals surface area contributed by atoms with Gasteiger partial charge >= 0.3 is 0 Å². The number of halogens is 1. The smallest absolute Gasteiger partial charge is 0.224 e. The summed E-state index contributed by atoms with van der Waals surface area (Å²) in [5.41, 5.74) is 0.0111. The summed E-state index contributed by atoms with van der Waals surface area (Å²) in [5.74, 6) is 0.990. The molecule has 0 aliphatic heterocycles. The zero-order chi connectivity index (χ0) is 13.1. The Kier molecular flexibility index (Phi) is 4.88. The first-order chi connectivity index (χ1) is 7.84. The highest BCUT2D eigenvalue weighted by Crippen LogP contribution is 2.42. The molecule has 0 radical (unpaired) electrons. The molecule has 0 spiro atoms. The summed E-state index contributed by atoms with van der Waals surface area (Å²) < 4.78 is 0. The van der Waals surface area contributed by atoms with Crippen LogP contribution in [0.4, 0.5) is 0 Å². The summed E-state index contributed by atoms with van der Waals surface area (Å²) in [6, 6.07) is 0. The van der Waals surface area contributed by atoms with Crippen molar-refractivity contribution in [2.24, 2.45) is 11.3 Å². The van der Waals surface area contributed by atoms with Gasteiger partial charge < -0.3 is 5.32 Å². The van der Waals surface area contributed by atoms with Crippen molar-refractivity contribution in [3.8, 4) is 0 Å². The Morgan fingerprint density at radius 1 is 1.53 bits per heavy atom. The zero-order valence-electron chi connectivity index (χ0n) is 11.6. The molecular weight excluding hydrogens is 234 g/mol. The third-order valence-corrected chi connectivity index (χ3v) is 4.61. The van der Waals surface area contributed by atoms with E-state index < -0.39 is 0 Å². The molecule has 0 heterocycles. The van der Waals surface area contributed by atoms with Crippen LogP contribution in [-0.2, 0) is 4.79 Å². The molecule has 2 nitrogen and oxygen atoms in total. The lowest BCUT2D eigenvalue weighted by molar-refractivity contribution is -0.129. The van der Waals surface area contributed by atoms with Gasteiger partial charge in [-0.05, 0) is 38.0 Å². The van der Waals surface area contributed by atoms with Gasteiger partial charge in [0.25, 0.3) is 0 Å². The van der Waals surface area contributed by atoms with E-state index in [0.29, 0.717) is 5.88 Å². The Labute approximate surface area is 110 Å². The lowest BCUT2D eigenvalue weighted by atomic mass is 9.80. The molecule has 100 valence electrons. The van der Waals surface area contributed by atoms with Crippen molar-refractivity contribution in [2.45, 2.75) is 65.3 Å². The van der Waals surface area contributed by atoms with Crippen LogP contribution in [0.25, 0.3) is 0 Å². The van der Waals surface area contributed by atoms with E-state index in [4.69, 9.17) is 11.6 Å². The van der Waals surface area contributed by atoms with Crippen LogP contribution in [0, 0.1) is 11.3 Å². The van der Waals surface area contributed by atoms with Gasteiger partial charge in [-0.3, -0.25) is 4.79 Å². The number of carbonyl (C=O) groups is 1. The highest BCUT2D eigenvalue weighted by Gasteiger charge is 2.40. The van der Waals surface area contributed by atoms with Crippen molar-refractivity contribution < 1.29 is 4.79 Å². The normalized spacial score (nSPS) is 26.5. The van der Waals surface area contributed by atoms with Crippen LogP contribution < -0.4 is 5.32 Å². The van der Waals surface area contributed by atoms with E-state index in [-0.39, 0.29) is 22.8 Å². The molecule has 1 aliphatic carbocycles. The van der Waals surface area contributed by atoms with Crippen LogP contribution in [-0.4, -0.2) is 17.3 Å². The third kappa shape index (κ3) is 3.61. The summed E-state index contributed by atoms with van der Waals surface area (Å²) in [7, 11) is 0. The zero-order valence-corrected chi connectivity index (χ0v) is 12.4. The van der Waals surface area contributed by atoms with E-state index in [1.54, 1.807) is 0 Å². The SMILES string of the molecule is CCC(C)(CCCl)NC(=O)C1CCCC1(C)C. The highest BCUT2D eigenvalue weighted by molar-refractivity contribution is 6.17. The van der Waals surface area contributed by atoms with Crippen molar-refractivity contribution in [1.82, 2.24) is 5.32 Å². The Hall–Kier alpha value is -0.240. The van der Waals surface area contributed by atoms with Crippen LogP contribution in [0.5, 0.6) is 0 Å². The van der Waals surface area contributed by atoms with E-state index in [2.05, 4.69) is 33.0 Å². The Morgan fingerprint density at radius 2 is 2.18 bits per heavy atom. The van der Waals surface area contributed by atoms with Crippen molar-refractivity contribution in [3.05, 3.63) is 0 Å². The molecule has 1 fully saturated rings. The first-order valence-electron chi connectivity index (χ1n) is 6.72. The van der Waals surface area contributed by atoms with Gasteiger partial charge in [0.05, 0.1) is 0 Å². The first-order valence-corrected chi connectivity index (χ1v) is 7.26. The Bertz CT molecular complexity index is 277. The summed E-state index contributed by atoms with van der Waals surface area (Å²) >= 11 is 5.81. The molecule has 1 aliphatic rings. The molecule has 1 rings (SSSR count). The minimum atomic E-state index is -0.141.